The van der Waals surface area contributed by atoms with Gasteiger partial charge in [0.05, 0.1) is 22.1 Å². The molecule has 27 heavy (non-hydrogen) atoms. The van der Waals surface area contributed by atoms with Crippen LogP contribution in [0.25, 0.3) is 0 Å². The summed E-state index contributed by atoms with van der Waals surface area (Å²) < 4.78 is 0.665. The minimum atomic E-state index is -1.04. The monoisotopic (exact) mass is 445 g/mol. The van der Waals surface area contributed by atoms with Gasteiger partial charge in [0, 0.05) is 24.1 Å². The van der Waals surface area contributed by atoms with E-state index in [1.165, 1.54) is 28.5 Å². The lowest BCUT2D eigenvalue weighted by atomic mass is 9.98. The lowest BCUT2D eigenvalue weighted by Crippen LogP contribution is -2.41. The molecule has 144 valence electrons. The number of likely N-dealkylation sites (tertiary alicyclic amines) is 1. The number of aromatic nitrogens is 1. The smallest absolute Gasteiger partial charge is 0.355 e. The van der Waals surface area contributed by atoms with E-state index in [1.807, 2.05) is 6.07 Å². The molecule has 3 rings (SSSR count). The van der Waals surface area contributed by atoms with Gasteiger partial charge in [0.25, 0.3) is 0 Å². The summed E-state index contributed by atoms with van der Waals surface area (Å²) in [5.74, 6) is -0.387. The molecule has 1 aliphatic heterocycles. The summed E-state index contributed by atoms with van der Waals surface area (Å²) in [6.45, 7) is 0.502. The van der Waals surface area contributed by atoms with Crippen LogP contribution in [0.1, 0.15) is 34.9 Å². The fourth-order valence-electron chi connectivity index (χ4n) is 3.06. The molecule has 3 N–H and O–H groups in total. The number of rotatable bonds is 7. The Bertz CT molecular complexity index is 862. The van der Waals surface area contributed by atoms with E-state index in [0.717, 1.165) is 5.56 Å². The molecule has 1 aromatic carbocycles. The molecule has 0 radical (unpaired) electrons. The zero-order chi connectivity index (χ0) is 19.6. The first kappa shape index (κ1) is 20.4. The second-order valence-electron chi connectivity index (χ2n) is 6.01. The van der Waals surface area contributed by atoms with Crippen LogP contribution in [0, 0.1) is 0 Å². The quantitative estimate of drug-likeness (QED) is 0.626. The number of halogens is 2. The van der Waals surface area contributed by atoms with Gasteiger partial charge in [-0.2, -0.15) is 0 Å². The Kier molecular flexibility index (Phi) is 6.65. The van der Waals surface area contributed by atoms with Crippen molar-refractivity contribution >= 4 is 58.2 Å². The molecule has 1 aromatic heterocycles. The second kappa shape index (κ2) is 8.79. The zero-order valence-electron chi connectivity index (χ0n) is 14.1. The van der Waals surface area contributed by atoms with Gasteiger partial charge in [-0.1, -0.05) is 47.1 Å². The van der Waals surface area contributed by atoms with Gasteiger partial charge in [0.15, 0.2) is 10.0 Å². The van der Waals surface area contributed by atoms with Crippen LogP contribution in [0.15, 0.2) is 27.9 Å². The maximum atomic E-state index is 12.3. The van der Waals surface area contributed by atoms with Gasteiger partial charge >= 0.3 is 5.97 Å². The lowest BCUT2D eigenvalue weighted by Gasteiger charge is -2.30. The molecule has 0 saturated carbocycles. The summed E-state index contributed by atoms with van der Waals surface area (Å²) in [5, 5.41) is 11.3. The summed E-state index contributed by atoms with van der Waals surface area (Å²) in [4.78, 5) is 29.0. The predicted octanol–water partition coefficient (Wildman–Crippen LogP) is 3.93. The van der Waals surface area contributed by atoms with Crippen molar-refractivity contribution in [3.63, 3.8) is 0 Å². The number of hydrogen-bond acceptors (Lipinski definition) is 6. The van der Waals surface area contributed by atoms with Crippen LogP contribution in [-0.2, 0) is 4.79 Å². The highest BCUT2D eigenvalue weighted by molar-refractivity contribution is 8.01. The average Bonchev–Trinajstić information content (AvgIpc) is 3.25. The van der Waals surface area contributed by atoms with Gasteiger partial charge < -0.3 is 15.7 Å². The van der Waals surface area contributed by atoms with E-state index in [2.05, 4.69) is 4.98 Å². The van der Waals surface area contributed by atoms with Crippen LogP contribution in [0.3, 0.4) is 0 Å². The summed E-state index contributed by atoms with van der Waals surface area (Å²) in [6.07, 6.45) is 1.11. The fraction of sp³-hybridized carbons (Fsp3) is 0.353. The number of carbonyl (C=O) groups excluding carboxylic acids is 1. The fourth-order valence-corrected chi connectivity index (χ4v) is 5.30. The third-order valence-electron chi connectivity index (χ3n) is 4.39. The van der Waals surface area contributed by atoms with Crippen LogP contribution < -0.4 is 5.73 Å². The van der Waals surface area contributed by atoms with E-state index >= 15 is 0 Å². The predicted molar refractivity (Wildman–Crippen MR) is 108 cm³/mol. The van der Waals surface area contributed by atoms with Gasteiger partial charge in [0.2, 0.25) is 5.91 Å². The Morgan fingerprint density at radius 3 is 2.96 bits per heavy atom. The van der Waals surface area contributed by atoms with E-state index in [4.69, 9.17) is 34.0 Å². The Morgan fingerprint density at radius 2 is 2.26 bits per heavy atom. The lowest BCUT2D eigenvalue weighted by molar-refractivity contribution is -0.128. The first-order valence-corrected chi connectivity index (χ1v) is 10.8. The molecule has 2 atom stereocenters. The van der Waals surface area contributed by atoms with Gasteiger partial charge in [-0.25, -0.2) is 9.78 Å². The Balaban J connectivity index is 1.65. The summed E-state index contributed by atoms with van der Waals surface area (Å²) >= 11 is 15.1. The van der Waals surface area contributed by atoms with E-state index in [0.29, 0.717) is 39.5 Å². The van der Waals surface area contributed by atoms with Crippen LogP contribution in [0.5, 0.6) is 0 Å². The Labute approximate surface area is 174 Å². The minimum Gasteiger partial charge on any atom is -0.476 e. The SMILES string of the molecule is NC(c1cccc(Cl)c1Cl)[C@H]1CCC(=O)N1CCSc1nc(C(=O)O)cs1. The van der Waals surface area contributed by atoms with Crippen molar-refractivity contribution in [1.82, 2.24) is 9.88 Å². The highest BCUT2D eigenvalue weighted by Gasteiger charge is 2.36. The highest BCUT2D eigenvalue weighted by atomic mass is 35.5. The number of carbonyl (C=O) groups is 2. The molecule has 1 unspecified atom stereocenters. The summed E-state index contributed by atoms with van der Waals surface area (Å²) in [7, 11) is 0. The normalized spacial score (nSPS) is 18.1. The van der Waals surface area contributed by atoms with Crippen molar-refractivity contribution in [2.45, 2.75) is 29.3 Å². The van der Waals surface area contributed by atoms with Crippen molar-refractivity contribution in [3.05, 3.63) is 44.9 Å². The highest BCUT2D eigenvalue weighted by Crippen LogP contribution is 2.35. The van der Waals surface area contributed by atoms with Gasteiger partial charge in [-0.15, -0.1) is 11.3 Å². The third-order valence-corrected chi connectivity index (χ3v) is 7.22. The van der Waals surface area contributed by atoms with Gasteiger partial charge in [0.1, 0.15) is 0 Å². The van der Waals surface area contributed by atoms with Crippen molar-refractivity contribution in [2.75, 3.05) is 12.3 Å². The third kappa shape index (κ3) is 4.57. The number of amides is 1. The maximum Gasteiger partial charge on any atom is 0.355 e. The number of thiazole rings is 1. The number of hydrogen-bond donors (Lipinski definition) is 2. The molecule has 2 aromatic rings. The van der Waals surface area contributed by atoms with E-state index < -0.39 is 12.0 Å². The van der Waals surface area contributed by atoms with Crippen molar-refractivity contribution in [2.24, 2.45) is 5.73 Å². The average molecular weight is 446 g/mol. The molecule has 1 amide bonds. The first-order valence-electron chi connectivity index (χ1n) is 8.19. The summed E-state index contributed by atoms with van der Waals surface area (Å²) in [5.41, 5.74) is 7.19. The second-order valence-corrected chi connectivity index (χ2v) is 9.00. The molecule has 10 heteroatoms. The molecule has 1 saturated heterocycles. The molecule has 0 spiro atoms. The molecule has 6 nitrogen and oxygen atoms in total. The largest absolute Gasteiger partial charge is 0.476 e. The Morgan fingerprint density at radius 1 is 1.48 bits per heavy atom. The molecule has 1 fully saturated rings. The van der Waals surface area contributed by atoms with Crippen molar-refractivity contribution in [3.8, 4) is 0 Å². The molecule has 2 heterocycles. The Hall–Kier alpha value is -1.32. The number of benzene rings is 1. The molecule has 1 aliphatic rings. The number of nitrogens with two attached hydrogens (primary N) is 1. The van der Waals surface area contributed by atoms with Crippen molar-refractivity contribution < 1.29 is 14.7 Å². The van der Waals surface area contributed by atoms with Crippen LogP contribution in [0.2, 0.25) is 10.0 Å². The number of aromatic carboxylic acids is 1. The van der Waals surface area contributed by atoms with E-state index in [-0.39, 0.29) is 17.6 Å². The van der Waals surface area contributed by atoms with Crippen LogP contribution in [-0.4, -0.2) is 45.2 Å². The minimum absolute atomic E-state index is 0.0373. The molecular formula is C17H17Cl2N3O3S2. The standard InChI is InChI=1S/C17H17Cl2N3O3S2/c18-10-3-1-2-9(14(10)19)15(20)12-4-5-13(23)22(12)6-7-26-17-21-11(8-27-17)16(24)25/h1-3,8,12,15H,4-7,20H2,(H,24,25)/t12-,15?/m1/s1. The first-order chi connectivity index (χ1) is 12.9. The number of carboxylic acid groups (broad SMARTS) is 1. The molecule has 0 aliphatic carbocycles. The van der Waals surface area contributed by atoms with Crippen molar-refractivity contribution in [1.29, 1.82) is 0 Å². The molecule has 0 bridgehead atoms. The topological polar surface area (TPSA) is 96.5 Å². The van der Waals surface area contributed by atoms with E-state index in [9.17, 15) is 9.59 Å². The number of thioether (sulfide) groups is 1. The summed E-state index contributed by atoms with van der Waals surface area (Å²) in [6, 6.07) is 4.75. The van der Waals surface area contributed by atoms with E-state index in [1.54, 1.807) is 17.0 Å². The number of nitrogens with zero attached hydrogens (tertiary/aromatic N) is 2. The zero-order valence-corrected chi connectivity index (χ0v) is 17.2. The maximum absolute atomic E-state index is 12.3. The van der Waals surface area contributed by atoms with Gasteiger partial charge in [-0.3, -0.25) is 4.79 Å². The number of carboxylic acids is 1. The van der Waals surface area contributed by atoms with Crippen LogP contribution >= 0.6 is 46.3 Å². The molecular weight excluding hydrogens is 429 g/mol. The van der Waals surface area contributed by atoms with Gasteiger partial charge in [-0.05, 0) is 18.1 Å². The van der Waals surface area contributed by atoms with Crippen LogP contribution in [0.4, 0.5) is 0 Å².